The Balaban J connectivity index is 4.51. The number of carboxylic acids is 1. The molecule has 0 spiro atoms. The van der Waals surface area contributed by atoms with Crippen LogP contribution in [0.1, 0.15) is 0 Å². The molecule has 70 valence electrons. The quantitative estimate of drug-likeness (QED) is 0.505. The number of amides is 1. The van der Waals surface area contributed by atoms with Gasteiger partial charge < -0.3 is 16.6 Å². The number of hydrogen-bond donors (Lipinski definition) is 3. The Kier molecular flexibility index (Phi) is 3.55. The van der Waals surface area contributed by atoms with Crippen LogP contribution in [0.5, 0.6) is 0 Å². The normalized spacial score (nSPS) is 15.7. The van der Waals surface area contributed by atoms with Crippen molar-refractivity contribution in [1.29, 1.82) is 0 Å². The zero-order chi connectivity index (χ0) is 9.89. The van der Waals surface area contributed by atoms with E-state index in [2.05, 4.69) is 5.73 Å². The molecule has 0 radical (unpaired) electrons. The Morgan fingerprint density at radius 3 is 1.83 bits per heavy atom. The predicted molar refractivity (Wildman–Crippen MR) is 34.3 cm³/mol. The van der Waals surface area contributed by atoms with E-state index in [1.807, 2.05) is 0 Å². The maximum atomic E-state index is 11.9. The molecule has 0 aliphatic heterocycles. The first kappa shape index (κ1) is 10.8. The molecular formula is C5H8F2N2O3. The van der Waals surface area contributed by atoms with Crippen molar-refractivity contribution in [2.75, 3.05) is 0 Å². The molecule has 0 aromatic carbocycles. The molecule has 5 nitrogen and oxygen atoms in total. The van der Waals surface area contributed by atoms with Gasteiger partial charge in [0.05, 0.1) is 0 Å². The Morgan fingerprint density at radius 2 is 1.75 bits per heavy atom. The molecule has 0 aromatic heterocycles. The summed E-state index contributed by atoms with van der Waals surface area (Å²) >= 11 is 0. The van der Waals surface area contributed by atoms with E-state index >= 15 is 0 Å². The van der Waals surface area contributed by atoms with E-state index in [0.29, 0.717) is 0 Å². The van der Waals surface area contributed by atoms with Gasteiger partial charge in [-0.05, 0) is 0 Å². The fourth-order valence-electron chi connectivity index (χ4n) is 0.611. The van der Waals surface area contributed by atoms with E-state index in [1.54, 1.807) is 0 Å². The van der Waals surface area contributed by atoms with E-state index in [9.17, 15) is 18.4 Å². The summed E-state index contributed by atoms with van der Waals surface area (Å²) in [6.45, 7) is 0. The Bertz CT molecular complexity index is 197. The van der Waals surface area contributed by atoms with Crippen LogP contribution in [0.3, 0.4) is 0 Å². The largest absolute Gasteiger partial charge is 0.480 e. The second kappa shape index (κ2) is 3.96. The number of alkyl halides is 2. The number of hydrogen-bond acceptors (Lipinski definition) is 3. The van der Waals surface area contributed by atoms with Gasteiger partial charge in [0.1, 0.15) is 12.0 Å². The Hall–Kier alpha value is -1.24. The Labute approximate surface area is 66.3 Å². The first-order valence-electron chi connectivity index (χ1n) is 2.93. The average molecular weight is 182 g/mol. The second-order valence-electron chi connectivity index (χ2n) is 2.13. The van der Waals surface area contributed by atoms with Gasteiger partial charge >= 0.3 is 5.97 Å². The molecular weight excluding hydrogens is 174 g/mol. The molecule has 0 heterocycles. The fraction of sp³-hybridized carbons (Fsp3) is 0.600. The third kappa shape index (κ3) is 2.42. The predicted octanol–water partition coefficient (Wildman–Crippen LogP) is -1.24. The number of rotatable bonds is 4. The first-order chi connectivity index (χ1) is 5.37. The highest BCUT2D eigenvalue weighted by Gasteiger charge is 2.36. The molecule has 0 saturated heterocycles. The number of carboxylic acid groups (broad SMARTS) is 1. The lowest BCUT2D eigenvalue weighted by Crippen LogP contribution is -2.48. The van der Waals surface area contributed by atoms with Crippen molar-refractivity contribution in [3.05, 3.63) is 0 Å². The molecule has 7 heteroatoms. The molecule has 0 aromatic rings. The highest BCUT2D eigenvalue weighted by atomic mass is 19.3. The van der Waals surface area contributed by atoms with Crippen molar-refractivity contribution in [2.45, 2.75) is 12.5 Å². The van der Waals surface area contributed by atoms with Gasteiger partial charge in [-0.25, -0.2) is 8.78 Å². The molecule has 2 atom stereocenters. The molecule has 0 bridgehead atoms. The maximum absolute atomic E-state index is 11.9. The van der Waals surface area contributed by atoms with Crippen LogP contribution in [0, 0.1) is 5.92 Å². The van der Waals surface area contributed by atoms with Crippen LogP contribution in [-0.2, 0) is 9.59 Å². The molecule has 12 heavy (non-hydrogen) atoms. The molecule has 0 saturated carbocycles. The van der Waals surface area contributed by atoms with Crippen LogP contribution in [0.2, 0.25) is 0 Å². The average Bonchev–Trinajstić information content (AvgIpc) is 1.85. The zero-order valence-electron chi connectivity index (χ0n) is 5.91. The molecule has 0 aliphatic rings. The molecule has 1 unspecified atom stereocenters. The maximum Gasteiger partial charge on any atom is 0.321 e. The summed E-state index contributed by atoms with van der Waals surface area (Å²) in [5.41, 5.74) is 9.30. The summed E-state index contributed by atoms with van der Waals surface area (Å²) in [7, 11) is 0. The van der Waals surface area contributed by atoms with Gasteiger partial charge in [0.2, 0.25) is 5.91 Å². The number of nitrogens with two attached hydrogens (primary N) is 2. The van der Waals surface area contributed by atoms with Crippen molar-refractivity contribution < 1.29 is 23.5 Å². The minimum atomic E-state index is -3.16. The molecule has 1 amide bonds. The summed E-state index contributed by atoms with van der Waals surface area (Å²) in [5, 5.41) is 8.18. The molecule has 0 rings (SSSR count). The lowest BCUT2D eigenvalue weighted by atomic mass is 10.0. The highest BCUT2D eigenvalue weighted by Crippen LogP contribution is 2.12. The van der Waals surface area contributed by atoms with Gasteiger partial charge in [0, 0.05) is 0 Å². The van der Waals surface area contributed by atoms with Gasteiger partial charge in [0.25, 0.3) is 6.43 Å². The molecule has 0 fully saturated rings. The summed E-state index contributed by atoms with van der Waals surface area (Å²) in [6.07, 6.45) is -3.16. The van der Waals surface area contributed by atoms with Crippen LogP contribution in [0.4, 0.5) is 8.78 Å². The number of primary amides is 1. The smallest absolute Gasteiger partial charge is 0.321 e. The van der Waals surface area contributed by atoms with Crippen molar-refractivity contribution in [3.63, 3.8) is 0 Å². The second-order valence-corrected chi connectivity index (χ2v) is 2.13. The molecule has 0 aliphatic carbocycles. The van der Waals surface area contributed by atoms with Crippen molar-refractivity contribution in [3.8, 4) is 0 Å². The third-order valence-corrected chi connectivity index (χ3v) is 1.27. The van der Waals surface area contributed by atoms with Gasteiger partial charge in [0.15, 0.2) is 0 Å². The standard InChI is InChI=1S/C5H8F2N2O3/c6-3(7)1(4(9)10)2(8)5(11)12/h1-3H,8H2,(H2,9,10)(H,11,12)/t1?,2-/m0/s1. The van der Waals surface area contributed by atoms with Crippen LogP contribution in [0.25, 0.3) is 0 Å². The Morgan fingerprint density at radius 1 is 1.33 bits per heavy atom. The topological polar surface area (TPSA) is 106 Å². The van der Waals surface area contributed by atoms with Crippen molar-refractivity contribution in [1.82, 2.24) is 0 Å². The van der Waals surface area contributed by atoms with Crippen LogP contribution >= 0.6 is 0 Å². The number of carbonyl (C=O) groups is 2. The van der Waals surface area contributed by atoms with E-state index in [4.69, 9.17) is 10.8 Å². The van der Waals surface area contributed by atoms with Crippen LogP contribution in [-0.4, -0.2) is 29.5 Å². The lowest BCUT2D eigenvalue weighted by Gasteiger charge is -2.15. The lowest BCUT2D eigenvalue weighted by molar-refractivity contribution is -0.145. The summed E-state index contributed by atoms with van der Waals surface area (Å²) in [5.74, 6) is -5.23. The monoisotopic (exact) mass is 182 g/mol. The molecule has 5 N–H and O–H groups in total. The van der Waals surface area contributed by atoms with Gasteiger partial charge in [-0.3, -0.25) is 9.59 Å². The van der Waals surface area contributed by atoms with Gasteiger partial charge in [-0.15, -0.1) is 0 Å². The number of halogens is 2. The van der Waals surface area contributed by atoms with E-state index in [0.717, 1.165) is 0 Å². The highest BCUT2D eigenvalue weighted by molar-refractivity contribution is 5.85. The van der Waals surface area contributed by atoms with E-state index < -0.39 is 30.3 Å². The zero-order valence-corrected chi connectivity index (χ0v) is 5.91. The summed E-state index contributed by atoms with van der Waals surface area (Å²) in [6, 6.07) is -1.96. The number of carbonyl (C=O) groups excluding carboxylic acids is 1. The minimum Gasteiger partial charge on any atom is -0.480 e. The number of aliphatic carboxylic acids is 1. The minimum absolute atomic E-state index is 1.42. The summed E-state index contributed by atoms with van der Waals surface area (Å²) in [4.78, 5) is 20.4. The van der Waals surface area contributed by atoms with Gasteiger partial charge in [-0.1, -0.05) is 0 Å². The van der Waals surface area contributed by atoms with Crippen LogP contribution in [0.15, 0.2) is 0 Å². The first-order valence-corrected chi connectivity index (χ1v) is 2.93. The van der Waals surface area contributed by atoms with Crippen LogP contribution < -0.4 is 11.5 Å². The van der Waals surface area contributed by atoms with Crippen molar-refractivity contribution in [2.24, 2.45) is 17.4 Å². The summed E-state index contributed by atoms with van der Waals surface area (Å²) < 4.78 is 23.8. The fourth-order valence-corrected chi connectivity index (χ4v) is 0.611. The van der Waals surface area contributed by atoms with E-state index in [1.165, 1.54) is 0 Å². The third-order valence-electron chi connectivity index (χ3n) is 1.27. The SMILES string of the molecule is NC(=O)C(C(F)F)[C@H](N)C(=O)O. The van der Waals surface area contributed by atoms with Crippen molar-refractivity contribution >= 4 is 11.9 Å². The van der Waals surface area contributed by atoms with Gasteiger partial charge in [-0.2, -0.15) is 0 Å². The van der Waals surface area contributed by atoms with E-state index in [-0.39, 0.29) is 0 Å².